The predicted octanol–water partition coefficient (Wildman–Crippen LogP) is 5.39. The molecule has 1 fully saturated rings. The molecule has 6 rings (SSSR count). The van der Waals surface area contributed by atoms with Gasteiger partial charge in [0.25, 0.3) is 11.8 Å². The van der Waals surface area contributed by atoms with E-state index < -0.39 is 6.04 Å². The lowest BCUT2D eigenvalue weighted by Crippen LogP contribution is -2.53. The first-order valence-electron chi connectivity index (χ1n) is 14.4. The summed E-state index contributed by atoms with van der Waals surface area (Å²) in [5.41, 5.74) is 4.67. The lowest BCUT2D eigenvalue weighted by Gasteiger charge is -2.42. The Bertz CT molecular complexity index is 1540. The first-order chi connectivity index (χ1) is 20.3. The van der Waals surface area contributed by atoms with Gasteiger partial charge in [-0.1, -0.05) is 48.5 Å². The first kappa shape index (κ1) is 28.1. The summed E-state index contributed by atoms with van der Waals surface area (Å²) in [5, 5.41) is 5.21. The van der Waals surface area contributed by atoms with Crippen LogP contribution >= 0.6 is 11.3 Å². The van der Waals surface area contributed by atoms with Gasteiger partial charge in [0.05, 0.1) is 0 Å². The number of nitrogens with zero attached hydrogens (tertiary/aromatic N) is 5. The number of pyridine rings is 1. The molecule has 0 bridgehead atoms. The first-order valence-corrected chi connectivity index (χ1v) is 15.3. The summed E-state index contributed by atoms with van der Waals surface area (Å²) in [6.45, 7) is 11.2. The Morgan fingerprint density at radius 2 is 1.74 bits per heavy atom. The Morgan fingerprint density at radius 3 is 2.40 bits per heavy atom. The molecule has 2 amide bonds. The number of nitrogens with one attached hydrogen (secondary N) is 1. The van der Waals surface area contributed by atoms with Crippen LogP contribution < -0.4 is 10.2 Å². The van der Waals surface area contributed by atoms with Gasteiger partial charge in [0, 0.05) is 61.6 Å². The van der Waals surface area contributed by atoms with Crippen LogP contribution in [0, 0.1) is 0 Å². The van der Waals surface area contributed by atoms with Crippen molar-refractivity contribution in [2.24, 2.45) is 0 Å². The van der Waals surface area contributed by atoms with Crippen LogP contribution in [0.2, 0.25) is 0 Å². The summed E-state index contributed by atoms with van der Waals surface area (Å²) in [6.07, 6.45) is 4.27. The largest absolute Gasteiger partial charge is 0.354 e. The molecular formula is C33H36N6O2S. The third-order valence-electron chi connectivity index (χ3n) is 8.11. The molecule has 0 radical (unpaired) electrons. The molecule has 4 heterocycles. The number of thiazole rings is 1. The highest BCUT2D eigenvalue weighted by Crippen LogP contribution is 2.33. The standard InChI is InChI=1S/C33H36N6O2S/c1-33(2,3)38-16-14-37(15-17-38)28-12-10-24(21-35-28)19-23-9-11-26-22-39(31(41)27(26)20-23)29(25-7-5-4-6-8-25)30(40)36-32-34-13-18-42-32/h4-13,18,20-21,29H,14-17,19,22H2,1-3H3,(H,34,36,40). The maximum atomic E-state index is 13.7. The molecule has 0 saturated carbocycles. The molecule has 1 saturated heterocycles. The lowest BCUT2D eigenvalue weighted by molar-refractivity contribution is -0.120. The average Bonchev–Trinajstić information content (AvgIpc) is 3.61. The summed E-state index contributed by atoms with van der Waals surface area (Å²) in [4.78, 5) is 42.7. The molecule has 1 N–H and O–H groups in total. The summed E-state index contributed by atoms with van der Waals surface area (Å²) in [6, 6.07) is 19.0. The topological polar surface area (TPSA) is 81.7 Å². The fourth-order valence-electron chi connectivity index (χ4n) is 5.81. The van der Waals surface area contributed by atoms with Gasteiger partial charge < -0.3 is 9.80 Å². The number of benzene rings is 2. The van der Waals surface area contributed by atoms with E-state index >= 15 is 0 Å². The molecule has 0 spiro atoms. The Labute approximate surface area is 251 Å². The van der Waals surface area contributed by atoms with Crippen LogP contribution in [0.15, 0.2) is 78.4 Å². The van der Waals surface area contributed by atoms with Crippen molar-refractivity contribution in [3.05, 3.63) is 106 Å². The maximum absolute atomic E-state index is 13.7. The highest BCUT2D eigenvalue weighted by molar-refractivity contribution is 7.13. The van der Waals surface area contributed by atoms with E-state index in [1.807, 2.05) is 54.0 Å². The molecule has 2 aromatic carbocycles. The highest BCUT2D eigenvalue weighted by atomic mass is 32.1. The lowest BCUT2D eigenvalue weighted by atomic mass is 10.0. The van der Waals surface area contributed by atoms with E-state index in [1.54, 1.807) is 11.1 Å². The summed E-state index contributed by atoms with van der Waals surface area (Å²) in [7, 11) is 0. The molecule has 42 heavy (non-hydrogen) atoms. The normalized spacial score (nSPS) is 16.4. The number of hydrogen-bond donors (Lipinski definition) is 1. The minimum absolute atomic E-state index is 0.141. The molecule has 4 aromatic rings. The van der Waals surface area contributed by atoms with Crippen molar-refractivity contribution in [2.45, 2.75) is 45.3 Å². The minimum atomic E-state index is -0.763. The zero-order valence-electron chi connectivity index (χ0n) is 24.3. The second-order valence-corrected chi connectivity index (χ2v) is 12.8. The van der Waals surface area contributed by atoms with Crippen LogP contribution in [0.4, 0.5) is 10.9 Å². The van der Waals surface area contributed by atoms with E-state index in [2.05, 4.69) is 59.1 Å². The van der Waals surface area contributed by atoms with Gasteiger partial charge in [-0.15, -0.1) is 11.3 Å². The van der Waals surface area contributed by atoms with Crippen LogP contribution in [-0.4, -0.2) is 63.3 Å². The van der Waals surface area contributed by atoms with Crippen molar-refractivity contribution in [1.29, 1.82) is 0 Å². The molecule has 2 aliphatic rings. The van der Waals surface area contributed by atoms with E-state index in [-0.39, 0.29) is 17.4 Å². The SMILES string of the molecule is CC(C)(C)N1CCN(c2ccc(Cc3ccc4c(c3)C(=O)N(C(C(=O)Nc3nccs3)c3ccccc3)C4)cn2)CC1. The number of carbonyl (C=O) groups excluding carboxylic acids is 2. The van der Waals surface area contributed by atoms with E-state index in [0.717, 1.165) is 54.3 Å². The molecule has 216 valence electrons. The molecule has 2 aliphatic heterocycles. The zero-order chi connectivity index (χ0) is 29.3. The van der Waals surface area contributed by atoms with Gasteiger partial charge in [0.1, 0.15) is 11.9 Å². The number of rotatable bonds is 7. The number of hydrogen-bond acceptors (Lipinski definition) is 7. The van der Waals surface area contributed by atoms with E-state index in [4.69, 9.17) is 4.98 Å². The van der Waals surface area contributed by atoms with Gasteiger partial charge >= 0.3 is 0 Å². The van der Waals surface area contributed by atoms with Crippen molar-refractivity contribution < 1.29 is 9.59 Å². The number of piperazine rings is 1. The van der Waals surface area contributed by atoms with Crippen molar-refractivity contribution in [3.63, 3.8) is 0 Å². The molecule has 2 aromatic heterocycles. The number of amides is 2. The second kappa shape index (κ2) is 11.7. The number of carbonyl (C=O) groups is 2. The zero-order valence-corrected chi connectivity index (χ0v) is 25.1. The number of aromatic nitrogens is 2. The molecule has 1 unspecified atom stereocenters. The van der Waals surface area contributed by atoms with Crippen molar-refractivity contribution in [2.75, 3.05) is 36.4 Å². The smallest absolute Gasteiger partial charge is 0.255 e. The van der Waals surface area contributed by atoms with Crippen molar-refractivity contribution in [1.82, 2.24) is 19.8 Å². The van der Waals surface area contributed by atoms with Crippen LogP contribution in [0.3, 0.4) is 0 Å². The third kappa shape index (κ3) is 5.93. The van der Waals surface area contributed by atoms with Gasteiger partial charge in [-0.05, 0) is 61.6 Å². The Morgan fingerprint density at radius 1 is 0.976 bits per heavy atom. The van der Waals surface area contributed by atoms with Crippen LogP contribution in [-0.2, 0) is 17.8 Å². The van der Waals surface area contributed by atoms with Gasteiger partial charge in [-0.3, -0.25) is 19.8 Å². The summed E-state index contributed by atoms with van der Waals surface area (Å²) in [5.74, 6) is 0.594. The van der Waals surface area contributed by atoms with Crippen LogP contribution in [0.5, 0.6) is 0 Å². The van der Waals surface area contributed by atoms with E-state index in [0.29, 0.717) is 23.7 Å². The minimum Gasteiger partial charge on any atom is -0.354 e. The average molecular weight is 581 g/mol. The van der Waals surface area contributed by atoms with Crippen LogP contribution in [0.1, 0.15) is 59.4 Å². The third-order valence-corrected chi connectivity index (χ3v) is 8.80. The van der Waals surface area contributed by atoms with E-state index in [1.165, 1.54) is 11.3 Å². The maximum Gasteiger partial charge on any atom is 0.255 e. The second-order valence-electron chi connectivity index (χ2n) is 11.9. The molecule has 1 atom stereocenters. The Hall–Kier alpha value is -4.08. The molecular weight excluding hydrogens is 544 g/mol. The fourth-order valence-corrected chi connectivity index (χ4v) is 6.34. The summed E-state index contributed by atoms with van der Waals surface area (Å²) < 4.78 is 0. The van der Waals surface area contributed by atoms with E-state index in [9.17, 15) is 9.59 Å². The highest BCUT2D eigenvalue weighted by Gasteiger charge is 2.37. The quantitative estimate of drug-likeness (QED) is 0.316. The monoisotopic (exact) mass is 580 g/mol. The van der Waals surface area contributed by atoms with Gasteiger partial charge in [0.2, 0.25) is 0 Å². The fraction of sp³-hybridized carbons (Fsp3) is 0.333. The molecule has 9 heteroatoms. The Balaban J connectivity index is 1.15. The number of anilines is 2. The molecule has 0 aliphatic carbocycles. The van der Waals surface area contributed by atoms with Crippen LogP contribution in [0.25, 0.3) is 0 Å². The number of fused-ring (bicyclic) bond motifs is 1. The van der Waals surface area contributed by atoms with Gasteiger partial charge in [0.15, 0.2) is 5.13 Å². The molecule has 8 nitrogen and oxygen atoms in total. The summed E-state index contributed by atoms with van der Waals surface area (Å²) >= 11 is 1.35. The predicted molar refractivity (Wildman–Crippen MR) is 167 cm³/mol. The van der Waals surface area contributed by atoms with Gasteiger partial charge in [-0.25, -0.2) is 9.97 Å². The van der Waals surface area contributed by atoms with Crippen molar-refractivity contribution >= 4 is 34.1 Å². The van der Waals surface area contributed by atoms with Gasteiger partial charge in [-0.2, -0.15) is 0 Å². The Kier molecular flexibility index (Phi) is 7.79. The van der Waals surface area contributed by atoms with Crippen molar-refractivity contribution in [3.8, 4) is 0 Å².